The molecule has 0 saturated carbocycles. The van der Waals surface area contributed by atoms with Gasteiger partial charge in [0.2, 0.25) is 0 Å². The van der Waals surface area contributed by atoms with Crippen LogP contribution in [0.1, 0.15) is 16.7 Å². The van der Waals surface area contributed by atoms with E-state index in [-0.39, 0.29) is 6.71 Å². The molecule has 6 aromatic carbocycles. The Morgan fingerprint density at radius 2 is 1.14 bits per heavy atom. The molecule has 0 bridgehead atoms. The van der Waals surface area contributed by atoms with Gasteiger partial charge < -0.3 is 14.0 Å². The zero-order valence-corrected chi connectivity index (χ0v) is 24.3. The summed E-state index contributed by atoms with van der Waals surface area (Å²) in [5.41, 5.74) is 12.8. The van der Waals surface area contributed by atoms with Crippen LogP contribution in [-0.4, -0.2) is 11.3 Å². The van der Waals surface area contributed by atoms with Crippen LogP contribution in [0.2, 0.25) is 0 Å². The molecular weight excluding hydrogens is 525 g/mol. The van der Waals surface area contributed by atoms with Crippen LogP contribution in [0.15, 0.2) is 115 Å². The highest BCUT2D eigenvalue weighted by atomic mass is 16.5. The van der Waals surface area contributed by atoms with Gasteiger partial charge in [-0.25, -0.2) is 0 Å². The monoisotopic (exact) mass is 553 g/mol. The Morgan fingerprint density at radius 1 is 0.535 bits per heavy atom. The van der Waals surface area contributed by atoms with Crippen LogP contribution in [-0.2, 0) is 0 Å². The predicted molar refractivity (Wildman–Crippen MR) is 178 cm³/mol. The highest BCUT2D eigenvalue weighted by molar-refractivity contribution is 6.98. The van der Waals surface area contributed by atoms with Crippen molar-refractivity contribution in [2.45, 2.75) is 20.8 Å². The summed E-state index contributed by atoms with van der Waals surface area (Å²) in [6, 6.07) is 41.5. The summed E-state index contributed by atoms with van der Waals surface area (Å²) >= 11 is 0. The Kier molecular flexibility index (Phi) is 5.04. The number of benzene rings is 6. The van der Waals surface area contributed by atoms with E-state index < -0.39 is 0 Å². The lowest BCUT2D eigenvalue weighted by Gasteiger charge is -2.34. The van der Waals surface area contributed by atoms with Crippen molar-refractivity contribution in [3.8, 4) is 39.8 Å². The first-order valence-electron chi connectivity index (χ1n) is 14.9. The summed E-state index contributed by atoms with van der Waals surface area (Å²) in [6.45, 7) is 6.49. The van der Waals surface area contributed by atoms with Gasteiger partial charge in [0.1, 0.15) is 23.0 Å². The summed E-state index contributed by atoms with van der Waals surface area (Å²) in [5, 5.41) is 2.48. The summed E-state index contributed by atoms with van der Waals surface area (Å²) in [4.78, 5) is 0. The van der Waals surface area contributed by atoms with Crippen LogP contribution >= 0.6 is 0 Å². The molecule has 3 nitrogen and oxygen atoms in total. The number of ether oxygens (including phenoxy) is 2. The topological polar surface area (TPSA) is 23.4 Å². The van der Waals surface area contributed by atoms with Gasteiger partial charge in [0.05, 0.1) is 11.0 Å². The van der Waals surface area contributed by atoms with Gasteiger partial charge in [0.25, 0.3) is 6.71 Å². The van der Waals surface area contributed by atoms with Crippen molar-refractivity contribution in [3.05, 3.63) is 132 Å². The van der Waals surface area contributed by atoms with E-state index in [2.05, 4.69) is 141 Å². The molecule has 0 fully saturated rings. The number of para-hydroxylation sites is 3. The number of aromatic nitrogens is 1. The Labute approximate surface area is 251 Å². The second-order valence-corrected chi connectivity index (χ2v) is 11.9. The molecule has 204 valence electrons. The van der Waals surface area contributed by atoms with Crippen LogP contribution in [0.4, 0.5) is 0 Å². The molecule has 2 aliphatic rings. The molecule has 9 rings (SSSR count). The zero-order chi connectivity index (χ0) is 28.8. The fourth-order valence-electron chi connectivity index (χ4n) is 7.18. The summed E-state index contributed by atoms with van der Waals surface area (Å²) in [7, 11) is 0. The molecule has 4 heteroatoms. The van der Waals surface area contributed by atoms with E-state index in [1.165, 1.54) is 38.3 Å². The number of hydrogen-bond acceptors (Lipinski definition) is 2. The van der Waals surface area contributed by atoms with Gasteiger partial charge in [0.15, 0.2) is 0 Å². The Balaban J connectivity index is 1.28. The highest BCUT2D eigenvalue weighted by Crippen LogP contribution is 2.41. The van der Waals surface area contributed by atoms with Crippen molar-refractivity contribution in [1.29, 1.82) is 0 Å². The van der Waals surface area contributed by atoms with Gasteiger partial charge >= 0.3 is 0 Å². The number of rotatable bonds is 2. The zero-order valence-electron chi connectivity index (χ0n) is 24.3. The quantitative estimate of drug-likeness (QED) is 0.202. The maximum Gasteiger partial charge on any atom is 0.260 e. The molecule has 3 heterocycles. The third kappa shape index (κ3) is 3.50. The molecule has 0 unspecified atom stereocenters. The Bertz CT molecular complexity index is 2210. The van der Waals surface area contributed by atoms with Crippen LogP contribution in [0.3, 0.4) is 0 Å². The predicted octanol–water partition coefficient (Wildman–Crippen LogP) is 8.10. The van der Waals surface area contributed by atoms with E-state index in [1.807, 2.05) is 0 Å². The molecule has 0 spiro atoms. The minimum Gasteiger partial charge on any atom is -0.458 e. The lowest BCUT2D eigenvalue weighted by Crippen LogP contribution is -2.57. The lowest BCUT2D eigenvalue weighted by molar-refractivity contribution is 0.461. The summed E-state index contributed by atoms with van der Waals surface area (Å²) in [6.07, 6.45) is 0. The van der Waals surface area contributed by atoms with Gasteiger partial charge in [-0.3, -0.25) is 0 Å². The van der Waals surface area contributed by atoms with E-state index in [0.717, 1.165) is 56.4 Å². The van der Waals surface area contributed by atoms with Crippen molar-refractivity contribution in [2.24, 2.45) is 0 Å². The fourth-order valence-corrected chi connectivity index (χ4v) is 7.18. The third-order valence-electron chi connectivity index (χ3n) is 9.19. The van der Waals surface area contributed by atoms with Gasteiger partial charge in [-0.1, -0.05) is 72.3 Å². The lowest BCUT2D eigenvalue weighted by atomic mass is 9.34. The first kappa shape index (κ1) is 24.4. The van der Waals surface area contributed by atoms with Crippen molar-refractivity contribution in [2.75, 3.05) is 0 Å². The molecule has 2 aliphatic heterocycles. The highest BCUT2D eigenvalue weighted by Gasteiger charge is 2.41. The SMILES string of the molecule is Cc1ccc2c(c1)c1cc(-c3cc4c5c(c3)Oc3c(C)cccc3B5c3cccc(C)c3O4)ccc1n2-c1ccccc1. The molecule has 0 N–H and O–H groups in total. The standard InChI is InChI=1S/C39H28BNO2/c1-23-15-17-33-29(19-23)30-20-26(16-18-34(30)41(33)28-11-5-4-6-12-28)27-21-35-37-36(22-27)43-39-25(3)10-8-14-32(39)40(37)31-13-7-9-24(2)38(31)42-35/h4-22H,1-3H3. The summed E-state index contributed by atoms with van der Waals surface area (Å²) < 4.78 is 15.8. The smallest absolute Gasteiger partial charge is 0.260 e. The molecule has 1 aromatic heterocycles. The molecular formula is C39H28BNO2. The molecule has 0 aliphatic carbocycles. The number of nitrogens with zero attached hydrogens (tertiary/aromatic N) is 1. The number of fused-ring (bicyclic) bond motifs is 7. The average molecular weight is 553 g/mol. The third-order valence-corrected chi connectivity index (χ3v) is 9.19. The minimum absolute atomic E-state index is 0.0700. The molecule has 0 radical (unpaired) electrons. The van der Waals surface area contributed by atoms with Gasteiger partial charge in [-0.05, 0) is 102 Å². The number of aryl methyl sites for hydroxylation is 3. The van der Waals surface area contributed by atoms with Gasteiger partial charge in [-0.15, -0.1) is 0 Å². The van der Waals surface area contributed by atoms with Crippen LogP contribution in [0, 0.1) is 20.8 Å². The first-order valence-corrected chi connectivity index (χ1v) is 14.9. The first-order chi connectivity index (χ1) is 21.0. The summed E-state index contributed by atoms with van der Waals surface area (Å²) in [5.74, 6) is 3.65. The second-order valence-electron chi connectivity index (χ2n) is 11.9. The van der Waals surface area contributed by atoms with E-state index in [0.29, 0.717) is 0 Å². The largest absolute Gasteiger partial charge is 0.458 e. The van der Waals surface area contributed by atoms with E-state index in [4.69, 9.17) is 9.47 Å². The molecule has 0 saturated heterocycles. The normalized spacial score (nSPS) is 12.9. The average Bonchev–Trinajstić information content (AvgIpc) is 3.35. The van der Waals surface area contributed by atoms with Crippen molar-refractivity contribution >= 4 is 44.9 Å². The van der Waals surface area contributed by atoms with E-state index in [1.54, 1.807) is 0 Å². The fraction of sp³-hybridized carbons (Fsp3) is 0.0769. The van der Waals surface area contributed by atoms with E-state index in [9.17, 15) is 0 Å². The van der Waals surface area contributed by atoms with E-state index >= 15 is 0 Å². The number of hydrogen-bond donors (Lipinski definition) is 0. The second kappa shape index (κ2) is 8.89. The Morgan fingerprint density at radius 3 is 1.79 bits per heavy atom. The van der Waals surface area contributed by atoms with Crippen LogP contribution < -0.4 is 25.9 Å². The van der Waals surface area contributed by atoms with Crippen molar-refractivity contribution < 1.29 is 9.47 Å². The Hall–Kier alpha value is -5.22. The van der Waals surface area contributed by atoms with Crippen molar-refractivity contribution in [1.82, 2.24) is 4.57 Å². The molecule has 43 heavy (non-hydrogen) atoms. The molecule has 0 atom stereocenters. The maximum absolute atomic E-state index is 6.71. The van der Waals surface area contributed by atoms with Crippen LogP contribution in [0.25, 0.3) is 38.6 Å². The van der Waals surface area contributed by atoms with Crippen molar-refractivity contribution in [3.63, 3.8) is 0 Å². The van der Waals surface area contributed by atoms with Crippen LogP contribution in [0.5, 0.6) is 23.0 Å². The maximum atomic E-state index is 6.71. The molecule has 0 amide bonds. The molecule has 7 aromatic rings. The van der Waals surface area contributed by atoms with Gasteiger partial charge in [-0.2, -0.15) is 0 Å². The minimum atomic E-state index is 0.0700. The van der Waals surface area contributed by atoms with Gasteiger partial charge in [0, 0.05) is 21.9 Å².